The summed E-state index contributed by atoms with van der Waals surface area (Å²) in [4.78, 5) is 29.0. The van der Waals surface area contributed by atoms with Gasteiger partial charge < -0.3 is 10.1 Å². The van der Waals surface area contributed by atoms with Gasteiger partial charge in [-0.25, -0.2) is 4.98 Å². The van der Waals surface area contributed by atoms with Crippen molar-refractivity contribution in [3.63, 3.8) is 0 Å². The SMILES string of the molecule is CCn1c(=O)c(C(=O)NC[C@@H]2CCCO2)cc2cccnc21. The van der Waals surface area contributed by atoms with Crippen LogP contribution in [0.15, 0.2) is 29.2 Å². The molecule has 1 atom stereocenters. The van der Waals surface area contributed by atoms with Gasteiger partial charge in [-0.2, -0.15) is 0 Å². The fourth-order valence-corrected chi connectivity index (χ4v) is 2.77. The summed E-state index contributed by atoms with van der Waals surface area (Å²) in [5.74, 6) is -0.353. The van der Waals surface area contributed by atoms with E-state index >= 15 is 0 Å². The van der Waals surface area contributed by atoms with Crippen molar-refractivity contribution >= 4 is 16.9 Å². The number of pyridine rings is 2. The van der Waals surface area contributed by atoms with Gasteiger partial charge in [-0.05, 0) is 38.0 Å². The molecule has 2 aromatic heterocycles. The lowest BCUT2D eigenvalue weighted by Gasteiger charge is -2.12. The van der Waals surface area contributed by atoms with Crippen LogP contribution in [0.25, 0.3) is 11.0 Å². The molecule has 1 aliphatic heterocycles. The second-order valence-electron chi connectivity index (χ2n) is 5.37. The molecular formula is C16H19N3O3. The van der Waals surface area contributed by atoms with Gasteiger partial charge in [-0.1, -0.05) is 0 Å². The van der Waals surface area contributed by atoms with E-state index in [2.05, 4.69) is 10.3 Å². The first kappa shape index (κ1) is 14.7. The van der Waals surface area contributed by atoms with Crippen LogP contribution in [0, 0.1) is 0 Å². The fourth-order valence-electron chi connectivity index (χ4n) is 2.77. The summed E-state index contributed by atoms with van der Waals surface area (Å²) in [5.41, 5.74) is 0.449. The molecule has 1 fully saturated rings. The summed E-state index contributed by atoms with van der Waals surface area (Å²) >= 11 is 0. The summed E-state index contributed by atoms with van der Waals surface area (Å²) in [7, 11) is 0. The summed E-state index contributed by atoms with van der Waals surface area (Å²) < 4.78 is 7.00. The Morgan fingerprint density at radius 3 is 3.14 bits per heavy atom. The maximum Gasteiger partial charge on any atom is 0.265 e. The van der Waals surface area contributed by atoms with E-state index in [9.17, 15) is 9.59 Å². The number of hydrogen-bond donors (Lipinski definition) is 1. The maximum absolute atomic E-state index is 12.5. The Labute approximate surface area is 128 Å². The van der Waals surface area contributed by atoms with Gasteiger partial charge in [0.15, 0.2) is 0 Å². The van der Waals surface area contributed by atoms with E-state index < -0.39 is 0 Å². The van der Waals surface area contributed by atoms with E-state index in [0.29, 0.717) is 18.7 Å². The molecule has 6 nitrogen and oxygen atoms in total. The number of nitrogens with one attached hydrogen (secondary N) is 1. The van der Waals surface area contributed by atoms with Gasteiger partial charge >= 0.3 is 0 Å². The quantitative estimate of drug-likeness (QED) is 0.924. The summed E-state index contributed by atoms with van der Waals surface area (Å²) in [6.07, 6.45) is 3.66. The first-order valence-electron chi connectivity index (χ1n) is 7.59. The number of hydrogen-bond acceptors (Lipinski definition) is 4. The highest BCUT2D eigenvalue weighted by molar-refractivity contribution is 5.96. The number of amides is 1. The average Bonchev–Trinajstić information content (AvgIpc) is 3.05. The van der Waals surface area contributed by atoms with E-state index in [0.717, 1.165) is 24.8 Å². The van der Waals surface area contributed by atoms with Gasteiger partial charge in [0, 0.05) is 31.3 Å². The second-order valence-corrected chi connectivity index (χ2v) is 5.37. The van der Waals surface area contributed by atoms with Crippen LogP contribution in [0.5, 0.6) is 0 Å². The van der Waals surface area contributed by atoms with Crippen molar-refractivity contribution in [3.05, 3.63) is 40.3 Å². The molecule has 1 amide bonds. The molecule has 116 valence electrons. The molecule has 0 spiro atoms. The number of fused-ring (bicyclic) bond motifs is 1. The molecular weight excluding hydrogens is 282 g/mol. The lowest BCUT2D eigenvalue weighted by molar-refractivity contribution is 0.0856. The van der Waals surface area contributed by atoms with Gasteiger partial charge in [0.1, 0.15) is 11.2 Å². The number of nitrogens with zero attached hydrogens (tertiary/aromatic N) is 2. The van der Waals surface area contributed by atoms with E-state index in [4.69, 9.17) is 4.74 Å². The molecule has 3 rings (SSSR count). The lowest BCUT2D eigenvalue weighted by atomic mass is 10.2. The predicted molar refractivity (Wildman–Crippen MR) is 83.0 cm³/mol. The molecule has 0 saturated carbocycles. The minimum Gasteiger partial charge on any atom is -0.376 e. The first-order valence-corrected chi connectivity index (χ1v) is 7.59. The molecule has 6 heteroatoms. The molecule has 0 bridgehead atoms. The Morgan fingerprint density at radius 1 is 1.55 bits per heavy atom. The number of ether oxygens (including phenoxy) is 1. The second kappa shape index (κ2) is 6.27. The van der Waals surface area contributed by atoms with Gasteiger partial charge in [-0.3, -0.25) is 14.2 Å². The van der Waals surface area contributed by atoms with Crippen LogP contribution in [0.3, 0.4) is 0 Å². The Hall–Kier alpha value is -2.21. The number of carbonyl (C=O) groups is 1. The Balaban J connectivity index is 1.90. The van der Waals surface area contributed by atoms with Crippen LogP contribution in [-0.2, 0) is 11.3 Å². The van der Waals surface area contributed by atoms with E-state index in [1.807, 2.05) is 13.0 Å². The van der Waals surface area contributed by atoms with Crippen LogP contribution in [0.1, 0.15) is 30.1 Å². The van der Waals surface area contributed by atoms with Gasteiger partial charge in [0.25, 0.3) is 11.5 Å². The highest BCUT2D eigenvalue weighted by atomic mass is 16.5. The lowest BCUT2D eigenvalue weighted by Crippen LogP contribution is -2.36. The molecule has 2 aromatic rings. The highest BCUT2D eigenvalue weighted by Crippen LogP contribution is 2.12. The van der Waals surface area contributed by atoms with Crippen LogP contribution in [-0.4, -0.2) is 34.7 Å². The number of aryl methyl sites for hydroxylation is 1. The van der Waals surface area contributed by atoms with E-state index in [1.54, 1.807) is 18.3 Å². The van der Waals surface area contributed by atoms with Crippen molar-refractivity contribution in [2.24, 2.45) is 0 Å². The summed E-state index contributed by atoms with van der Waals surface area (Å²) in [6.45, 7) is 3.52. The zero-order valence-corrected chi connectivity index (χ0v) is 12.5. The van der Waals surface area contributed by atoms with E-state index in [1.165, 1.54) is 4.57 Å². The highest BCUT2D eigenvalue weighted by Gasteiger charge is 2.19. The molecule has 0 radical (unpaired) electrons. The standard InChI is InChI=1S/C16H19N3O3/c1-2-19-14-11(5-3-7-17-14)9-13(16(19)21)15(20)18-10-12-6-4-8-22-12/h3,5,7,9,12H,2,4,6,8,10H2,1H3,(H,18,20)/t12-/m0/s1. The minimum absolute atomic E-state index is 0.0551. The van der Waals surface area contributed by atoms with Crippen LogP contribution in [0.4, 0.5) is 0 Å². The van der Waals surface area contributed by atoms with Crippen molar-refractivity contribution in [1.29, 1.82) is 0 Å². The van der Waals surface area contributed by atoms with Crippen molar-refractivity contribution in [2.45, 2.75) is 32.4 Å². The zero-order chi connectivity index (χ0) is 15.5. The number of carbonyl (C=O) groups excluding carboxylic acids is 1. The molecule has 0 aromatic carbocycles. The smallest absolute Gasteiger partial charge is 0.265 e. The third kappa shape index (κ3) is 2.74. The Morgan fingerprint density at radius 2 is 2.41 bits per heavy atom. The fraction of sp³-hybridized carbons (Fsp3) is 0.438. The molecule has 22 heavy (non-hydrogen) atoms. The van der Waals surface area contributed by atoms with Crippen molar-refractivity contribution in [3.8, 4) is 0 Å². The van der Waals surface area contributed by atoms with Crippen molar-refractivity contribution < 1.29 is 9.53 Å². The van der Waals surface area contributed by atoms with Gasteiger partial charge in [-0.15, -0.1) is 0 Å². The first-order chi connectivity index (χ1) is 10.7. The number of aromatic nitrogens is 2. The number of rotatable bonds is 4. The Kier molecular flexibility index (Phi) is 4.20. The molecule has 0 aliphatic carbocycles. The van der Waals surface area contributed by atoms with Gasteiger partial charge in [0.05, 0.1) is 6.10 Å². The predicted octanol–water partition coefficient (Wildman–Crippen LogP) is 1.33. The minimum atomic E-state index is -0.353. The summed E-state index contributed by atoms with van der Waals surface area (Å²) in [6, 6.07) is 5.26. The zero-order valence-electron chi connectivity index (χ0n) is 12.5. The maximum atomic E-state index is 12.5. The molecule has 1 N–H and O–H groups in total. The largest absolute Gasteiger partial charge is 0.376 e. The third-order valence-corrected chi connectivity index (χ3v) is 3.92. The topological polar surface area (TPSA) is 73.2 Å². The molecule has 0 unspecified atom stereocenters. The van der Waals surface area contributed by atoms with E-state index in [-0.39, 0.29) is 23.1 Å². The molecule has 1 saturated heterocycles. The van der Waals surface area contributed by atoms with Crippen LogP contribution >= 0.6 is 0 Å². The van der Waals surface area contributed by atoms with Gasteiger partial charge in [0.2, 0.25) is 0 Å². The Bertz CT molecular complexity index is 748. The normalized spacial score (nSPS) is 17.8. The summed E-state index contributed by atoms with van der Waals surface area (Å²) in [5, 5.41) is 3.58. The van der Waals surface area contributed by atoms with Crippen molar-refractivity contribution in [2.75, 3.05) is 13.2 Å². The van der Waals surface area contributed by atoms with Crippen molar-refractivity contribution in [1.82, 2.24) is 14.9 Å². The monoisotopic (exact) mass is 301 g/mol. The molecule has 3 heterocycles. The third-order valence-electron chi connectivity index (χ3n) is 3.92. The molecule has 1 aliphatic rings. The average molecular weight is 301 g/mol. The van der Waals surface area contributed by atoms with Crippen LogP contribution < -0.4 is 10.9 Å². The van der Waals surface area contributed by atoms with Crippen LogP contribution in [0.2, 0.25) is 0 Å².